The molecule has 1 aromatic heterocycles. The van der Waals surface area contributed by atoms with Crippen LogP contribution in [0.4, 0.5) is 5.69 Å². The molecule has 1 amide bonds. The molecule has 1 atom stereocenters. The van der Waals surface area contributed by atoms with Gasteiger partial charge >= 0.3 is 0 Å². The largest absolute Gasteiger partial charge is 0.311 e. The van der Waals surface area contributed by atoms with E-state index in [2.05, 4.69) is 15.2 Å². The Bertz CT molecular complexity index is 634. The number of hydrogen-bond acceptors (Lipinski definition) is 4. The molecular formula is C12H10Cl2N4OS. The summed E-state index contributed by atoms with van der Waals surface area (Å²) in [5, 5.41) is 7.95. The molecule has 1 aliphatic heterocycles. The Balaban J connectivity index is 1.76. The Hall–Kier alpha value is -1.24. The highest BCUT2D eigenvalue weighted by atomic mass is 35.5. The Kier molecular flexibility index (Phi) is 3.87. The van der Waals surface area contributed by atoms with Crippen LogP contribution in [0.2, 0.25) is 10.0 Å². The maximum atomic E-state index is 12.4. The number of hydrogen-bond donors (Lipinski definition) is 1. The summed E-state index contributed by atoms with van der Waals surface area (Å²) in [6, 6.07) is 5.21. The lowest BCUT2D eigenvalue weighted by Crippen LogP contribution is -2.28. The number of H-pyrrole nitrogens is 1. The third-order valence-corrected chi connectivity index (χ3v) is 4.90. The minimum atomic E-state index is -0.155. The molecule has 5 nitrogen and oxygen atoms in total. The number of anilines is 1. The average Bonchev–Trinajstić information content (AvgIpc) is 3.05. The smallest absolute Gasteiger partial charge is 0.240 e. The van der Waals surface area contributed by atoms with Crippen molar-refractivity contribution in [3.63, 3.8) is 0 Å². The summed E-state index contributed by atoms with van der Waals surface area (Å²) >= 11 is 13.3. The van der Waals surface area contributed by atoms with E-state index in [0.717, 1.165) is 12.1 Å². The van der Waals surface area contributed by atoms with Gasteiger partial charge in [-0.1, -0.05) is 35.0 Å². The molecule has 1 aromatic carbocycles. The molecule has 0 bridgehead atoms. The molecule has 0 unspecified atom stereocenters. The number of benzene rings is 1. The Morgan fingerprint density at radius 3 is 2.90 bits per heavy atom. The van der Waals surface area contributed by atoms with Crippen LogP contribution in [0.15, 0.2) is 29.7 Å². The fourth-order valence-corrected chi connectivity index (χ4v) is 3.28. The van der Waals surface area contributed by atoms with Gasteiger partial charge in [0.2, 0.25) is 5.91 Å². The molecule has 0 spiro atoms. The van der Waals surface area contributed by atoms with E-state index in [4.69, 9.17) is 23.2 Å². The van der Waals surface area contributed by atoms with Crippen molar-refractivity contribution in [3.05, 3.63) is 34.6 Å². The highest BCUT2D eigenvalue weighted by molar-refractivity contribution is 8.00. The quantitative estimate of drug-likeness (QED) is 0.940. The summed E-state index contributed by atoms with van der Waals surface area (Å²) in [6.45, 7) is 0.655. The van der Waals surface area contributed by atoms with Crippen molar-refractivity contribution < 1.29 is 4.79 Å². The van der Waals surface area contributed by atoms with Crippen LogP contribution in [0.3, 0.4) is 0 Å². The average molecular weight is 329 g/mol. The third-order valence-electron chi connectivity index (χ3n) is 3.02. The topological polar surface area (TPSA) is 61.9 Å². The number of halogens is 2. The van der Waals surface area contributed by atoms with Gasteiger partial charge in [0.05, 0.1) is 15.3 Å². The van der Waals surface area contributed by atoms with Gasteiger partial charge in [-0.2, -0.15) is 5.10 Å². The van der Waals surface area contributed by atoms with E-state index < -0.39 is 0 Å². The number of carbonyl (C=O) groups is 1. The van der Waals surface area contributed by atoms with Crippen LogP contribution in [-0.4, -0.2) is 32.9 Å². The first-order chi connectivity index (χ1) is 9.65. The van der Waals surface area contributed by atoms with E-state index in [1.54, 1.807) is 23.1 Å². The normalized spacial score (nSPS) is 18.8. The third kappa shape index (κ3) is 2.63. The lowest BCUT2D eigenvalue weighted by Gasteiger charge is -2.17. The lowest BCUT2D eigenvalue weighted by atomic mass is 10.3. The minimum absolute atomic E-state index is 0.0461. The fraction of sp³-hybridized carbons (Fsp3) is 0.250. The molecule has 2 heterocycles. The number of aromatic amines is 1. The van der Waals surface area contributed by atoms with Crippen LogP contribution in [-0.2, 0) is 4.79 Å². The van der Waals surface area contributed by atoms with Crippen molar-refractivity contribution in [1.82, 2.24) is 15.2 Å². The van der Waals surface area contributed by atoms with Crippen molar-refractivity contribution in [3.8, 4) is 0 Å². The van der Waals surface area contributed by atoms with Crippen molar-refractivity contribution >= 4 is 46.6 Å². The Morgan fingerprint density at radius 2 is 2.20 bits per heavy atom. The molecule has 3 rings (SSSR count). The zero-order valence-electron chi connectivity index (χ0n) is 10.2. The van der Waals surface area contributed by atoms with Gasteiger partial charge in [-0.25, -0.2) is 4.98 Å². The van der Waals surface area contributed by atoms with Gasteiger partial charge in [-0.3, -0.25) is 9.89 Å². The first-order valence-electron chi connectivity index (χ1n) is 5.93. The maximum absolute atomic E-state index is 12.4. The van der Waals surface area contributed by atoms with Gasteiger partial charge in [-0.15, -0.1) is 0 Å². The molecule has 20 heavy (non-hydrogen) atoms. The second-order valence-corrected chi connectivity index (χ2v) is 6.28. The first-order valence-corrected chi connectivity index (χ1v) is 7.57. The summed E-state index contributed by atoms with van der Waals surface area (Å²) in [5.41, 5.74) is 0.769. The van der Waals surface area contributed by atoms with Crippen LogP contribution in [0.25, 0.3) is 0 Å². The van der Waals surface area contributed by atoms with Gasteiger partial charge < -0.3 is 4.90 Å². The zero-order chi connectivity index (χ0) is 14.1. The molecular weight excluding hydrogens is 319 g/mol. The minimum Gasteiger partial charge on any atom is -0.311 e. The molecule has 1 aliphatic rings. The van der Waals surface area contributed by atoms with Gasteiger partial charge in [0, 0.05) is 12.2 Å². The summed E-state index contributed by atoms with van der Waals surface area (Å²) in [4.78, 5) is 18.1. The van der Waals surface area contributed by atoms with Crippen molar-refractivity contribution in [2.75, 3.05) is 11.4 Å². The number of carbonyl (C=O) groups excluding carboxylic acids is 1. The van der Waals surface area contributed by atoms with Gasteiger partial charge in [-0.05, 0) is 24.6 Å². The molecule has 8 heteroatoms. The molecule has 2 aromatic rings. The monoisotopic (exact) mass is 328 g/mol. The van der Waals surface area contributed by atoms with E-state index in [-0.39, 0.29) is 11.2 Å². The van der Waals surface area contributed by atoms with E-state index in [1.807, 2.05) is 0 Å². The summed E-state index contributed by atoms with van der Waals surface area (Å²) < 4.78 is 0. The number of nitrogens with one attached hydrogen (secondary N) is 1. The number of thioether (sulfide) groups is 1. The predicted molar refractivity (Wildman–Crippen MR) is 79.5 cm³/mol. The summed E-state index contributed by atoms with van der Waals surface area (Å²) in [7, 11) is 0. The molecule has 104 valence electrons. The number of nitrogens with zero attached hydrogens (tertiary/aromatic N) is 3. The fourth-order valence-electron chi connectivity index (χ4n) is 2.06. The van der Waals surface area contributed by atoms with Crippen LogP contribution < -0.4 is 4.90 Å². The SMILES string of the molecule is O=C1[C@H](Sc2ncn[nH]2)CCN1c1ccc(Cl)c(Cl)c1. The molecule has 0 radical (unpaired) electrons. The second kappa shape index (κ2) is 5.63. The number of aromatic nitrogens is 3. The van der Waals surface area contributed by atoms with Crippen LogP contribution >= 0.6 is 35.0 Å². The highest BCUT2D eigenvalue weighted by Gasteiger charge is 2.34. The van der Waals surface area contributed by atoms with Crippen LogP contribution in [0.1, 0.15) is 6.42 Å². The summed E-state index contributed by atoms with van der Waals surface area (Å²) in [5.74, 6) is 0.0461. The Morgan fingerprint density at radius 1 is 1.35 bits per heavy atom. The van der Waals surface area contributed by atoms with Crippen molar-refractivity contribution in [2.45, 2.75) is 16.8 Å². The maximum Gasteiger partial charge on any atom is 0.240 e. The zero-order valence-corrected chi connectivity index (χ0v) is 12.5. The van der Waals surface area contributed by atoms with Crippen molar-refractivity contribution in [2.24, 2.45) is 0 Å². The van der Waals surface area contributed by atoms with E-state index >= 15 is 0 Å². The van der Waals surface area contributed by atoms with Gasteiger partial charge in [0.25, 0.3) is 0 Å². The van der Waals surface area contributed by atoms with Crippen LogP contribution in [0, 0.1) is 0 Å². The molecule has 1 fully saturated rings. The van der Waals surface area contributed by atoms with Crippen molar-refractivity contribution in [1.29, 1.82) is 0 Å². The van der Waals surface area contributed by atoms with E-state index in [0.29, 0.717) is 21.7 Å². The number of amides is 1. The van der Waals surface area contributed by atoms with Gasteiger partial charge in [0.15, 0.2) is 5.16 Å². The second-order valence-electron chi connectivity index (χ2n) is 4.27. The van der Waals surface area contributed by atoms with E-state index in [1.165, 1.54) is 18.1 Å². The molecule has 0 aliphatic carbocycles. The molecule has 0 saturated carbocycles. The van der Waals surface area contributed by atoms with Crippen LogP contribution in [0.5, 0.6) is 0 Å². The highest BCUT2D eigenvalue weighted by Crippen LogP contribution is 2.33. The lowest BCUT2D eigenvalue weighted by molar-refractivity contribution is -0.116. The molecule has 1 saturated heterocycles. The predicted octanol–water partition coefficient (Wildman–Crippen LogP) is 3.01. The van der Waals surface area contributed by atoms with Gasteiger partial charge in [0.1, 0.15) is 6.33 Å². The Labute approximate surface area is 129 Å². The summed E-state index contributed by atoms with van der Waals surface area (Å²) in [6.07, 6.45) is 2.18. The first kappa shape index (κ1) is 13.7. The standard InChI is InChI=1S/C12H10Cl2N4OS/c13-8-2-1-7(5-9(8)14)18-4-3-10(11(18)19)20-12-15-6-16-17-12/h1-2,5-6,10H,3-4H2,(H,15,16,17)/t10-/m1/s1. The number of rotatable bonds is 3. The van der Waals surface area contributed by atoms with E-state index in [9.17, 15) is 4.79 Å². The molecule has 1 N–H and O–H groups in total.